The van der Waals surface area contributed by atoms with Gasteiger partial charge in [0.05, 0.1) is 4.83 Å². The Morgan fingerprint density at radius 2 is 2.08 bits per heavy atom. The zero-order valence-electron chi connectivity index (χ0n) is 8.59. The van der Waals surface area contributed by atoms with Crippen molar-refractivity contribution < 1.29 is 4.79 Å². The molecule has 1 saturated heterocycles. The molecule has 0 aliphatic carbocycles. The van der Waals surface area contributed by atoms with Gasteiger partial charge in [0, 0.05) is 12.6 Å². The van der Waals surface area contributed by atoms with E-state index in [0.717, 1.165) is 13.0 Å². The van der Waals surface area contributed by atoms with Gasteiger partial charge >= 0.3 is 0 Å². The van der Waals surface area contributed by atoms with E-state index in [0.29, 0.717) is 12.0 Å². The maximum atomic E-state index is 11.7. The third kappa shape index (κ3) is 2.46. The molecule has 1 aliphatic rings. The predicted octanol–water partition coefficient (Wildman–Crippen LogP) is 2.42. The van der Waals surface area contributed by atoms with Crippen molar-refractivity contribution in [1.29, 1.82) is 0 Å². The Hall–Kier alpha value is -0.0500. The minimum absolute atomic E-state index is 0.0353. The van der Waals surface area contributed by atoms with Gasteiger partial charge in [-0.3, -0.25) is 4.79 Å². The van der Waals surface area contributed by atoms with E-state index in [1.54, 1.807) is 0 Å². The number of hydrogen-bond donors (Lipinski definition) is 0. The molecule has 1 aliphatic heterocycles. The Morgan fingerprint density at radius 3 is 2.54 bits per heavy atom. The molecule has 0 aromatic rings. The Balaban J connectivity index is 2.63. The van der Waals surface area contributed by atoms with E-state index in [1.165, 1.54) is 6.42 Å². The van der Waals surface area contributed by atoms with Crippen LogP contribution in [0.15, 0.2) is 0 Å². The minimum Gasteiger partial charge on any atom is -0.338 e. The highest BCUT2D eigenvalue weighted by Gasteiger charge is 2.31. The summed E-state index contributed by atoms with van der Waals surface area (Å²) in [5, 5.41) is 0. The molecule has 0 spiro atoms. The monoisotopic (exact) mass is 247 g/mol. The highest BCUT2D eigenvalue weighted by molar-refractivity contribution is 9.10. The van der Waals surface area contributed by atoms with Crippen LogP contribution in [0.1, 0.15) is 33.6 Å². The molecule has 76 valence electrons. The third-order valence-corrected chi connectivity index (χ3v) is 3.08. The lowest BCUT2D eigenvalue weighted by molar-refractivity contribution is -0.131. The van der Waals surface area contributed by atoms with E-state index >= 15 is 0 Å². The first-order valence-electron chi connectivity index (χ1n) is 4.98. The van der Waals surface area contributed by atoms with Gasteiger partial charge in [-0.05, 0) is 25.7 Å². The fourth-order valence-corrected chi connectivity index (χ4v) is 2.25. The van der Waals surface area contributed by atoms with Crippen molar-refractivity contribution in [2.45, 2.75) is 44.5 Å². The molecule has 1 heterocycles. The zero-order valence-corrected chi connectivity index (χ0v) is 10.2. The topological polar surface area (TPSA) is 20.3 Å². The summed E-state index contributed by atoms with van der Waals surface area (Å²) in [6.45, 7) is 7.22. The van der Waals surface area contributed by atoms with Gasteiger partial charge in [-0.1, -0.05) is 29.8 Å². The summed E-state index contributed by atoms with van der Waals surface area (Å²) in [5.41, 5.74) is 0. The van der Waals surface area contributed by atoms with E-state index in [1.807, 2.05) is 11.8 Å². The SMILES string of the molecule is CC(Br)C(=O)N1CCCC1C(C)C. The lowest BCUT2D eigenvalue weighted by Gasteiger charge is -2.28. The summed E-state index contributed by atoms with van der Waals surface area (Å²) >= 11 is 3.34. The smallest absolute Gasteiger partial charge is 0.236 e. The highest BCUT2D eigenvalue weighted by Crippen LogP contribution is 2.25. The number of alkyl halides is 1. The molecule has 1 amide bonds. The summed E-state index contributed by atoms with van der Waals surface area (Å²) in [7, 11) is 0. The molecule has 0 bridgehead atoms. The average Bonchev–Trinajstić information content (AvgIpc) is 2.50. The largest absolute Gasteiger partial charge is 0.338 e. The van der Waals surface area contributed by atoms with Crippen molar-refractivity contribution in [3.8, 4) is 0 Å². The maximum Gasteiger partial charge on any atom is 0.236 e. The molecule has 2 nitrogen and oxygen atoms in total. The van der Waals surface area contributed by atoms with Crippen LogP contribution in [-0.2, 0) is 4.79 Å². The second-order valence-corrected chi connectivity index (χ2v) is 5.47. The average molecular weight is 248 g/mol. The Labute approximate surface area is 88.8 Å². The van der Waals surface area contributed by atoms with Gasteiger partial charge in [-0.2, -0.15) is 0 Å². The van der Waals surface area contributed by atoms with E-state index in [2.05, 4.69) is 29.8 Å². The van der Waals surface area contributed by atoms with Gasteiger partial charge < -0.3 is 4.90 Å². The first-order valence-corrected chi connectivity index (χ1v) is 5.90. The van der Waals surface area contributed by atoms with Crippen LogP contribution in [0, 0.1) is 5.92 Å². The molecule has 2 atom stereocenters. The predicted molar refractivity (Wildman–Crippen MR) is 58.0 cm³/mol. The van der Waals surface area contributed by atoms with Gasteiger partial charge in [0.25, 0.3) is 0 Å². The van der Waals surface area contributed by atoms with Crippen LogP contribution in [0.3, 0.4) is 0 Å². The molecule has 0 N–H and O–H groups in total. The summed E-state index contributed by atoms with van der Waals surface area (Å²) in [6.07, 6.45) is 2.33. The second kappa shape index (κ2) is 4.45. The van der Waals surface area contributed by atoms with E-state index in [-0.39, 0.29) is 10.7 Å². The fourth-order valence-electron chi connectivity index (χ4n) is 1.99. The quantitative estimate of drug-likeness (QED) is 0.687. The normalized spacial score (nSPS) is 25.3. The van der Waals surface area contributed by atoms with Crippen LogP contribution < -0.4 is 0 Å². The van der Waals surface area contributed by atoms with Crippen molar-refractivity contribution in [1.82, 2.24) is 4.90 Å². The highest BCUT2D eigenvalue weighted by atomic mass is 79.9. The molecule has 0 saturated carbocycles. The van der Waals surface area contributed by atoms with E-state index in [9.17, 15) is 4.79 Å². The summed E-state index contributed by atoms with van der Waals surface area (Å²) < 4.78 is 0. The molecule has 2 unspecified atom stereocenters. The molecule has 0 aromatic heterocycles. The zero-order chi connectivity index (χ0) is 10.0. The Morgan fingerprint density at radius 1 is 1.46 bits per heavy atom. The molecule has 0 radical (unpaired) electrons. The molecule has 13 heavy (non-hydrogen) atoms. The van der Waals surface area contributed by atoms with Crippen molar-refractivity contribution in [3.63, 3.8) is 0 Å². The first kappa shape index (κ1) is 11.0. The number of halogens is 1. The number of carbonyl (C=O) groups excluding carboxylic acids is 1. The van der Waals surface area contributed by atoms with Crippen LogP contribution in [0.2, 0.25) is 0 Å². The third-order valence-electron chi connectivity index (χ3n) is 2.69. The van der Waals surface area contributed by atoms with Crippen LogP contribution in [0.25, 0.3) is 0 Å². The number of carbonyl (C=O) groups is 1. The van der Waals surface area contributed by atoms with Crippen molar-refractivity contribution in [2.75, 3.05) is 6.54 Å². The van der Waals surface area contributed by atoms with Gasteiger partial charge in [0.1, 0.15) is 0 Å². The lowest BCUT2D eigenvalue weighted by atomic mass is 10.0. The van der Waals surface area contributed by atoms with Crippen molar-refractivity contribution >= 4 is 21.8 Å². The molecule has 3 heteroatoms. The number of nitrogens with zero attached hydrogens (tertiary/aromatic N) is 1. The van der Waals surface area contributed by atoms with Gasteiger partial charge in [0.15, 0.2) is 0 Å². The fraction of sp³-hybridized carbons (Fsp3) is 0.900. The number of hydrogen-bond acceptors (Lipinski definition) is 1. The van der Waals surface area contributed by atoms with Gasteiger partial charge in [-0.15, -0.1) is 0 Å². The lowest BCUT2D eigenvalue weighted by Crippen LogP contribution is -2.41. The number of amides is 1. The van der Waals surface area contributed by atoms with Crippen molar-refractivity contribution in [2.24, 2.45) is 5.92 Å². The minimum atomic E-state index is -0.0353. The van der Waals surface area contributed by atoms with Gasteiger partial charge in [0.2, 0.25) is 5.91 Å². The van der Waals surface area contributed by atoms with Crippen LogP contribution in [0.4, 0.5) is 0 Å². The van der Waals surface area contributed by atoms with E-state index < -0.39 is 0 Å². The first-order chi connectivity index (χ1) is 6.04. The second-order valence-electron chi connectivity index (χ2n) is 4.10. The number of rotatable bonds is 2. The van der Waals surface area contributed by atoms with Crippen LogP contribution in [0.5, 0.6) is 0 Å². The van der Waals surface area contributed by atoms with E-state index in [4.69, 9.17) is 0 Å². The van der Waals surface area contributed by atoms with Crippen molar-refractivity contribution in [3.05, 3.63) is 0 Å². The van der Waals surface area contributed by atoms with Crippen LogP contribution >= 0.6 is 15.9 Å². The molecule has 1 rings (SSSR count). The van der Waals surface area contributed by atoms with Crippen LogP contribution in [-0.4, -0.2) is 28.2 Å². The Bertz CT molecular complexity index is 191. The number of likely N-dealkylation sites (tertiary alicyclic amines) is 1. The molecular weight excluding hydrogens is 230 g/mol. The summed E-state index contributed by atoms with van der Waals surface area (Å²) in [4.78, 5) is 13.7. The molecule has 0 aromatic carbocycles. The maximum absolute atomic E-state index is 11.7. The standard InChI is InChI=1S/C10H18BrNO/c1-7(2)9-5-4-6-12(9)10(13)8(3)11/h7-9H,4-6H2,1-3H3. The molecule has 1 fully saturated rings. The Kier molecular flexibility index (Phi) is 3.77. The van der Waals surface area contributed by atoms with Gasteiger partial charge in [-0.25, -0.2) is 0 Å². The summed E-state index contributed by atoms with van der Waals surface area (Å²) in [5.74, 6) is 0.828. The summed E-state index contributed by atoms with van der Waals surface area (Å²) in [6, 6.07) is 0.465. The molecular formula is C10H18BrNO.